The highest BCUT2D eigenvalue weighted by Crippen LogP contribution is 2.28. The molecule has 0 fully saturated rings. The summed E-state index contributed by atoms with van der Waals surface area (Å²) in [4.78, 5) is 9.16. The second-order valence-electron chi connectivity index (χ2n) is 5.65. The van der Waals surface area contributed by atoms with Gasteiger partial charge >= 0.3 is 0 Å². The first kappa shape index (κ1) is 16.3. The Hall–Kier alpha value is -2.60. The molecule has 3 rings (SSSR count). The van der Waals surface area contributed by atoms with Crippen LogP contribution >= 0.6 is 0 Å². The number of hydrogen-bond acceptors (Lipinski definition) is 5. The molecule has 6 heteroatoms. The first-order chi connectivity index (χ1) is 11.6. The fraction of sp³-hybridized carbons (Fsp3) is 0.333. The maximum Gasteiger partial charge on any atom is 0.203 e. The molecule has 1 aromatic carbocycles. The average Bonchev–Trinajstić information content (AvgIpc) is 2.91. The van der Waals surface area contributed by atoms with E-state index in [2.05, 4.69) is 28.3 Å². The molecule has 0 spiro atoms. The maximum absolute atomic E-state index is 5.27. The lowest BCUT2D eigenvalue weighted by atomic mass is 10.0. The van der Waals surface area contributed by atoms with Crippen molar-refractivity contribution >= 4 is 17.0 Å². The molecule has 0 bridgehead atoms. The largest absolute Gasteiger partial charge is 0.497 e. The van der Waals surface area contributed by atoms with E-state index in [1.54, 1.807) is 14.2 Å². The van der Waals surface area contributed by atoms with Crippen molar-refractivity contribution in [1.82, 2.24) is 14.5 Å². The van der Waals surface area contributed by atoms with E-state index in [0.717, 1.165) is 39.6 Å². The molecule has 0 atom stereocenters. The number of nitrogens with one attached hydrogen (secondary N) is 1. The van der Waals surface area contributed by atoms with Crippen LogP contribution in [0.5, 0.6) is 5.75 Å². The lowest BCUT2D eigenvalue weighted by Crippen LogP contribution is -2.10. The van der Waals surface area contributed by atoms with Crippen LogP contribution in [0, 0.1) is 6.92 Å². The minimum absolute atomic E-state index is 0.637. The van der Waals surface area contributed by atoms with E-state index in [1.165, 1.54) is 0 Å². The van der Waals surface area contributed by atoms with Gasteiger partial charge in [0.1, 0.15) is 11.3 Å². The SMILES string of the molecule is COCCNc1nc2cnc(-c3ccc(OC)cc3C)cc2n1C. The van der Waals surface area contributed by atoms with E-state index in [1.807, 2.05) is 36.0 Å². The lowest BCUT2D eigenvalue weighted by molar-refractivity contribution is 0.210. The predicted octanol–water partition coefficient (Wildman–Crippen LogP) is 3.01. The highest BCUT2D eigenvalue weighted by Gasteiger charge is 2.11. The van der Waals surface area contributed by atoms with Crippen molar-refractivity contribution in [3.05, 3.63) is 36.0 Å². The molecular formula is C18H22N4O2. The summed E-state index contributed by atoms with van der Waals surface area (Å²) in [6.07, 6.45) is 1.82. The van der Waals surface area contributed by atoms with E-state index in [4.69, 9.17) is 9.47 Å². The summed E-state index contributed by atoms with van der Waals surface area (Å²) < 4.78 is 12.4. The van der Waals surface area contributed by atoms with Gasteiger partial charge in [-0.25, -0.2) is 4.98 Å². The van der Waals surface area contributed by atoms with E-state index < -0.39 is 0 Å². The zero-order valence-corrected chi connectivity index (χ0v) is 14.5. The van der Waals surface area contributed by atoms with Gasteiger partial charge < -0.3 is 19.4 Å². The molecule has 0 aliphatic rings. The van der Waals surface area contributed by atoms with Crippen molar-refractivity contribution in [3.63, 3.8) is 0 Å². The summed E-state index contributed by atoms with van der Waals surface area (Å²) in [6.45, 7) is 3.41. The number of methoxy groups -OCH3 is 2. The van der Waals surface area contributed by atoms with Gasteiger partial charge in [0, 0.05) is 26.3 Å². The van der Waals surface area contributed by atoms with Crippen LogP contribution in [0.2, 0.25) is 0 Å². The molecule has 0 amide bonds. The summed E-state index contributed by atoms with van der Waals surface area (Å²) in [6, 6.07) is 8.08. The van der Waals surface area contributed by atoms with Gasteiger partial charge in [0.15, 0.2) is 0 Å². The molecule has 2 heterocycles. The highest BCUT2D eigenvalue weighted by molar-refractivity contribution is 5.82. The van der Waals surface area contributed by atoms with E-state index >= 15 is 0 Å². The Kier molecular flexibility index (Phi) is 4.66. The molecule has 24 heavy (non-hydrogen) atoms. The Morgan fingerprint density at radius 2 is 2.04 bits per heavy atom. The summed E-state index contributed by atoms with van der Waals surface area (Å²) in [5, 5.41) is 3.27. The number of hydrogen-bond donors (Lipinski definition) is 1. The molecule has 0 unspecified atom stereocenters. The van der Waals surface area contributed by atoms with Crippen molar-refractivity contribution < 1.29 is 9.47 Å². The van der Waals surface area contributed by atoms with Crippen molar-refractivity contribution in [3.8, 4) is 17.0 Å². The number of aromatic nitrogens is 3. The van der Waals surface area contributed by atoms with Crippen LogP contribution in [0.3, 0.4) is 0 Å². The standard InChI is InChI=1S/C18H22N4O2/c1-12-9-13(24-4)5-6-14(12)15-10-17-16(11-20-15)21-18(22(17)2)19-7-8-23-3/h5-6,9-11H,7-8H2,1-4H3,(H,19,21). The van der Waals surface area contributed by atoms with Gasteiger partial charge in [-0.1, -0.05) is 0 Å². The topological polar surface area (TPSA) is 61.2 Å². The third-order valence-corrected chi connectivity index (χ3v) is 4.07. The fourth-order valence-electron chi connectivity index (χ4n) is 2.72. The molecule has 0 saturated heterocycles. The number of pyridine rings is 1. The highest BCUT2D eigenvalue weighted by atomic mass is 16.5. The van der Waals surface area contributed by atoms with Crippen molar-refractivity contribution in [2.75, 3.05) is 32.7 Å². The number of ether oxygens (including phenoxy) is 2. The molecule has 0 radical (unpaired) electrons. The lowest BCUT2D eigenvalue weighted by Gasteiger charge is -2.08. The Morgan fingerprint density at radius 1 is 1.21 bits per heavy atom. The number of nitrogens with zero attached hydrogens (tertiary/aromatic N) is 3. The molecular weight excluding hydrogens is 304 g/mol. The van der Waals surface area contributed by atoms with Gasteiger partial charge in [0.25, 0.3) is 0 Å². The van der Waals surface area contributed by atoms with Crippen molar-refractivity contribution in [2.24, 2.45) is 7.05 Å². The molecule has 126 valence electrons. The van der Waals surface area contributed by atoms with Crippen LogP contribution in [0.15, 0.2) is 30.5 Å². The quantitative estimate of drug-likeness (QED) is 0.706. The van der Waals surface area contributed by atoms with Crippen molar-refractivity contribution in [2.45, 2.75) is 6.92 Å². The first-order valence-electron chi connectivity index (χ1n) is 7.84. The number of fused-ring (bicyclic) bond motifs is 1. The maximum atomic E-state index is 5.27. The summed E-state index contributed by atoms with van der Waals surface area (Å²) in [5.74, 6) is 1.66. The third kappa shape index (κ3) is 3.05. The predicted molar refractivity (Wildman–Crippen MR) is 95.6 cm³/mol. The smallest absolute Gasteiger partial charge is 0.203 e. The van der Waals surface area contributed by atoms with Gasteiger partial charge in [0.05, 0.1) is 31.1 Å². The van der Waals surface area contributed by atoms with Crippen molar-refractivity contribution in [1.29, 1.82) is 0 Å². The average molecular weight is 326 g/mol. The van der Waals surface area contributed by atoms with Crippen LogP contribution in [0.25, 0.3) is 22.3 Å². The van der Waals surface area contributed by atoms with Crippen LogP contribution in [-0.4, -0.2) is 41.9 Å². The Morgan fingerprint density at radius 3 is 2.75 bits per heavy atom. The fourth-order valence-corrected chi connectivity index (χ4v) is 2.72. The van der Waals surface area contributed by atoms with Crippen LogP contribution in [0.4, 0.5) is 5.95 Å². The summed E-state index contributed by atoms with van der Waals surface area (Å²) in [7, 11) is 5.35. The molecule has 2 aromatic heterocycles. The second kappa shape index (κ2) is 6.88. The van der Waals surface area contributed by atoms with E-state index in [0.29, 0.717) is 13.2 Å². The number of imidazole rings is 1. The van der Waals surface area contributed by atoms with Crippen LogP contribution < -0.4 is 10.1 Å². The first-order valence-corrected chi connectivity index (χ1v) is 7.84. The van der Waals surface area contributed by atoms with E-state index in [9.17, 15) is 0 Å². The monoisotopic (exact) mass is 326 g/mol. The second-order valence-corrected chi connectivity index (χ2v) is 5.65. The minimum atomic E-state index is 0.637. The summed E-state index contributed by atoms with van der Waals surface area (Å²) >= 11 is 0. The molecule has 0 saturated carbocycles. The number of rotatable bonds is 6. The minimum Gasteiger partial charge on any atom is -0.497 e. The van der Waals surface area contributed by atoms with Crippen LogP contribution in [-0.2, 0) is 11.8 Å². The Balaban J connectivity index is 1.97. The molecule has 3 aromatic rings. The van der Waals surface area contributed by atoms with E-state index in [-0.39, 0.29) is 0 Å². The Bertz CT molecular complexity index is 858. The molecule has 0 aliphatic carbocycles. The number of benzene rings is 1. The van der Waals surface area contributed by atoms with Gasteiger partial charge in [-0.3, -0.25) is 4.98 Å². The van der Waals surface area contributed by atoms with Gasteiger partial charge in [-0.2, -0.15) is 0 Å². The van der Waals surface area contributed by atoms with Gasteiger partial charge in [-0.15, -0.1) is 0 Å². The molecule has 1 N–H and O–H groups in total. The summed E-state index contributed by atoms with van der Waals surface area (Å²) in [5.41, 5.74) is 5.05. The third-order valence-electron chi connectivity index (χ3n) is 4.07. The normalized spacial score (nSPS) is 11.0. The zero-order valence-electron chi connectivity index (χ0n) is 14.5. The van der Waals surface area contributed by atoms with Crippen LogP contribution in [0.1, 0.15) is 5.56 Å². The van der Waals surface area contributed by atoms with Gasteiger partial charge in [0.2, 0.25) is 5.95 Å². The molecule has 6 nitrogen and oxygen atoms in total. The number of aryl methyl sites for hydroxylation is 2. The van der Waals surface area contributed by atoms with Gasteiger partial charge in [-0.05, 0) is 36.8 Å². The molecule has 0 aliphatic heterocycles. The zero-order chi connectivity index (χ0) is 17.1. The Labute approximate surface area is 141 Å². The number of anilines is 1.